The first kappa shape index (κ1) is 19.1. The number of rotatable bonds is 5. The third kappa shape index (κ3) is 4.19. The Morgan fingerprint density at radius 1 is 0.929 bits per heavy atom. The van der Waals surface area contributed by atoms with Gasteiger partial charge >= 0.3 is 0 Å². The predicted molar refractivity (Wildman–Crippen MR) is 108 cm³/mol. The molecule has 3 aromatic rings. The molecule has 0 saturated heterocycles. The Bertz CT molecular complexity index is 1120. The summed E-state index contributed by atoms with van der Waals surface area (Å²) in [6.45, 7) is 0. The second-order valence-corrected chi connectivity index (χ2v) is 7.70. The lowest BCUT2D eigenvalue weighted by Gasteiger charge is -2.17. The van der Waals surface area contributed by atoms with Crippen LogP contribution in [0.4, 0.5) is 11.4 Å². The van der Waals surface area contributed by atoms with Gasteiger partial charge in [-0.05, 0) is 60.7 Å². The number of anilines is 2. The number of carbonyl (C=O) groups is 1. The van der Waals surface area contributed by atoms with Gasteiger partial charge in [-0.15, -0.1) is 0 Å². The van der Waals surface area contributed by atoms with Crippen molar-refractivity contribution in [2.75, 3.05) is 16.7 Å². The average molecular weight is 391 g/mol. The van der Waals surface area contributed by atoms with E-state index >= 15 is 0 Å². The minimum atomic E-state index is -3.81. The summed E-state index contributed by atoms with van der Waals surface area (Å²) in [6, 6.07) is 23.0. The molecule has 28 heavy (non-hydrogen) atoms. The number of nitrogens with zero attached hydrogens (tertiary/aromatic N) is 2. The fourth-order valence-electron chi connectivity index (χ4n) is 2.57. The van der Waals surface area contributed by atoms with Crippen LogP contribution in [0.25, 0.3) is 0 Å². The van der Waals surface area contributed by atoms with Crippen LogP contribution in [0.3, 0.4) is 0 Å². The summed E-state index contributed by atoms with van der Waals surface area (Å²) in [5.74, 6) is -0.241. The first-order valence-electron chi connectivity index (χ1n) is 8.37. The van der Waals surface area contributed by atoms with Crippen molar-refractivity contribution in [2.45, 2.75) is 4.90 Å². The minimum Gasteiger partial charge on any atom is -0.311 e. The molecule has 0 heterocycles. The summed E-state index contributed by atoms with van der Waals surface area (Å²) in [4.78, 5) is 14.1. The number of sulfonamides is 1. The zero-order valence-corrected chi connectivity index (χ0v) is 15.8. The summed E-state index contributed by atoms with van der Waals surface area (Å²) in [6.07, 6.45) is 0. The number of para-hydroxylation sites is 1. The topological polar surface area (TPSA) is 90.3 Å². The van der Waals surface area contributed by atoms with Gasteiger partial charge in [-0.1, -0.05) is 18.2 Å². The van der Waals surface area contributed by atoms with Crippen LogP contribution < -0.4 is 9.62 Å². The molecule has 140 valence electrons. The third-order valence-corrected chi connectivity index (χ3v) is 5.52. The van der Waals surface area contributed by atoms with E-state index in [0.29, 0.717) is 16.8 Å². The van der Waals surface area contributed by atoms with Gasteiger partial charge in [-0.2, -0.15) is 5.26 Å². The lowest BCUT2D eigenvalue weighted by Crippen LogP contribution is -2.26. The summed E-state index contributed by atoms with van der Waals surface area (Å²) in [7, 11) is -2.14. The molecule has 0 aromatic heterocycles. The maximum absolute atomic E-state index is 12.6. The molecule has 0 saturated carbocycles. The second kappa shape index (κ2) is 7.94. The van der Waals surface area contributed by atoms with Crippen molar-refractivity contribution in [1.29, 1.82) is 5.26 Å². The fraction of sp³-hybridized carbons (Fsp3) is 0.0476. The molecule has 0 aliphatic heterocycles. The van der Waals surface area contributed by atoms with Crippen molar-refractivity contribution in [1.82, 2.24) is 0 Å². The SMILES string of the molecule is CN(C(=O)c1ccc(S(=O)(=O)Nc2ccc(C#N)cc2)cc1)c1ccccc1. The fourth-order valence-corrected chi connectivity index (χ4v) is 3.62. The molecule has 0 atom stereocenters. The Balaban J connectivity index is 1.77. The van der Waals surface area contributed by atoms with Gasteiger partial charge < -0.3 is 4.90 Å². The molecule has 1 N–H and O–H groups in total. The highest BCUT2D eigenvalue weighted by molar-refractivity contribution is 7.92. The normalized spacial score (nSPS) is 10.7. The number of nitriles is 1. The van der Waals surface area contributed by atoms with Crippen LogP contribution in [0.5, 0.6) is 0 Å². The van der Waals surface area contributed by atoms with Crippen LogP contribution in [-0.2, 0) is 10.0 Å². The van der Waals surface area contributed by atoms with Gasteiger partial charge in [0.05, 0.1) is 16.5 Å². The summed E-state index contributed by atoms with van der Waals surface area (Å²) in [5.41, 5.74) is 1.91. The molecule has 0 aliphatic carbocycles. The van der Waals surface area contributed by atoms with Gasteiger partial charge in [0.25, 0.3) is 15.9 Å². The van der Waals surface area contributed by atoms with Crippen molar-refractivity contribution in [3.63, 3.8) is 0 Å². The Morgan fingerprint density at radius 3 is 2.11 bits per heavy atom. The van der Waals surface area contributed by atoms with Crippen LogP contribution in [0.2, 0.25) is 0 Å². The summed E-state index contributed by atoms with van der Waals surface area (Å²) >= 11 is 0. The van der Waals surface area contributed by atoms with Crippen molar-refractivity contribution >= 4 is 27.3 Å². The van der Waals surface area contributed by atoms with Crippen molar-refractivity contribution in [3.8, 4) is 6.07 Å². The number of carbonyl (C=O) groups excluding carboxylic acids is 1. The van der Waals surface area contributed by atoms with Crippen LogP contribution >= 0.6 is 0 Å². The van der Waals surface area contributed by atoms with Crippen molar-refractivity contribution in [3.05, 3.63) is 90.0 Å². The molecular formula is C21H17N3O3S. The van der Waals surface area contributed by atoms with Crippen LogP contribution in [0, 0.1) is 11.3 Å². The molecule has 0 radical (unpaired) electrons. The zero-order chi connectivity index (χ0) is 20.1. The lowest BCUT2D eigenvalue weighted by atomic mass is 10.2. The van der Waals surface area contributed by atoms with E-state index in [0.717, 1.165) is 5.69 Å². The smallest absolute Gasteiger partial charge is 0.261 e. The highest BCUT2D eigenvalue weighted by Crippen LogP contribution is 2.19. The zero-order valence-electron chi connectivity index (χ0n) is 15.0. The standard InChI is InChI=1S/C21H17N3O3S/c1-24(19-5-3-2-4-6-19)21(25)17-9-13-20(14-10-17)28(26,27)23-18-11-7-16(15-22)8-12-18/h2-14,23H,1H3. The molecule has 0 unspecified atom stereocenters. The van der Waals surface area contributed by atoms with Gasteiger partial charge in [-0.3, -0.25) is 9.52 Å². The van der Waals surface area contributed by atoms with Crippen LogP contribution in [0.1, 0.15) is 15.9 Å². The highest BCUT2D eigenvalue weighted by Gasteiger charge is 2.17. The number of amides is 1. The molecule has 3 rings (SSSR count). The first-order valence-corrected chi connectivity index (χ1v) is 9.85. The van der Waals surface area contributed by atoms with E-state index in [1.165, 1.54) is 53.4 Å². The third-order valence-electron chi connectivity index (χ3n) is 4.13. The molecule has 0 fully saturated rings. The average Bonchev–Trinajstić information content (AvgIpc) is 2.73. The molecule has 0 spiro atoms. The molecule has 7 heteroatoms. The first-order chi connectivity index (χ1) is 13.4. The van der Waals surface area contributed by atoms with Crippen molar-refractivity contribution < 1.29 is 13.2 Å². The molecule has 0 bridgehead atoms. The Hall–Kier alpha value is -3.63. The van der Waals surface area contributed by atoms with E-state index in [1.807, 2.05) is 36.4 Å². The monoisotopic (exact) mass is 391 g/mol. The number of hydrogen-bond acceptors (Lipinski definition) is 4. The van der Waals surface area contributed by atoms with Gasteiger partial charge in [0, 0.05) is 24.0 Å². The number of nitrogens with one attached hydrogen (secondary N) is 1. The van der Waals surface area contributed by atoms with Gasteiger partial charge in [-0.25, -0.2) is 8.42 Å². The lowest BCUT2D eigenvalue weighted by molar-refractivity contribution is 0.0993. The van der Waals surface area contributed by atoms with E-state index in [9.17, 15) is 13.2 Å². The quantitative estimate of drug-likeness (QED) is 0.719. The number of hydrogen-bond donors (Lipinski definition) is 1. The minimum absolute atomic E-state index is 0.0378. The Kier molecular flexibility index (Phi) is 5.43. The van der Waals surface area contributed by atoms with E-state index in [4.69, 9.17) is 5.26 Å². The molecule has 3 aromatic carbocycles. The summed E-state index contributed by atoms with van der Waals surface area (Å²) in [5, 5.41) is 8.80. The van der Waals surface area contributed by atoms with Crippen molar-refractivity contribution in [2.24, 2.45) is 0 Å². The van der Waals surface area contributed by atoms with E-state index in [1.54, 1.807) is 7.05 Å². The van der Waals surface area contributed by atoms with Crippen LogP contribution in [0.15, 0.2) is 83.8 Å². The second-order valence-electron chi connectivity index (χ2n) is 6.02. The summed E-state index contributed by atoms with van der Waals surface area (Å²) < 4.78 is 27.5. The predicted octanol–water partition coefficient (Wildman–Crippen LogP) is 3.64. The van der Waals surface area contributed by atoms with E-state index in [-0.39, 0.29) is 10.8 Å². The molecule has 0 aliphatic rings. The van der Waals surface area contributed by atoms with Gasteiger partial charge in [0.2, 0.25) is 0 Å². The molecular weight excluding hydrogens is 374 g/mol. The Morgan fingerprint density at radius 2 is 1.54 bits per heavy atom. The van der Waals surface area contributed by atoms with Crippen LogP contribution in [-0.4, -0.2) is 21.4 Å². The highest BCUT2D eigenvalue weighted by atomic mass is 32.2. The number of benzene rings is 3. The van der Waals surface area contributed by atoms with Gasteiger partial charge in [0.1, 0.15) is 0 Å². The maximum Gasteiger partial charge on any atom is 0.261 e. The largest absolute Gasteiger partial charge is 0.311 e. The van der Waals surface area contributed by atoms with E-state index in [2.05, 4.69) is 4.72 Å². The Labute approximate surface area is 163 Å². The molecule has 1 amide bonds. The van der Waals surface area contributed by atoms with E-state index < -0.39 is 10.0 Å². The maximum atomic E-state index is 12.6. The van der Waals surface area contributed by atoms with Gasteiger partial charge in [0.15, 0.2) is 0 Å². The molecule has 6 nitrogen and oxygen atoms in total.